The summed E-state index contributed by atoms with van der Waals surface area (Å²) in [6.07, 6.45) is 2.78. The zero-order chi connectivity index (χ0) is 4.83. The molecule has 0 saturated heterocycles. The molecule has 0 saturated carbocycles. The van der Waals surface area contributed by atoms with Gasteiger partial charge in [-0.1, -0.05) is 0 Å². The van der Waals surface area contributed by atoms with E-state index < -0.39 is 0 Å². The first-order valence-corrected chi connectivity index (χ1v) is 9.02. The summed E-state index contributed by atoms with van der Waals surface area (Å²) in [4.78, 5) is 0. The van der Waals surface area contributed by atoms with Gasteiger partial charge in [0.05, 0.1) is 0 Å². The molecule has 6 heavy (non-hydrogen) atoms. The van der Waals surface area contributed by atoms with Crippen LogP contribution < -0.4 is 0 Å². The van der Waals surface area contributed by atoms with E-state index in [1.807, 2.05) is 0 Å². The number of unbranched alkanes of at least 4 members (excludes halogenated alkanes) is 1. The summed E-state index contributed by atoms with van der Waals surface area (Å²) in [7, 11) is 0. The summed E-state index contributed by atoms with van der Waals surface area (Å²) in [6.45, 7) is 2.23. The van der Waals surface area contributed by atoms with Gasteiger partial charge in [-0.25, -0.2) is 0 Å². The van der Waals surface area contributed by atoms with Crippen LogP contribution in [0.5, 0.6) is 0 Å². The Morgan fingerprint density at radius 2 is 2.33 bits per heavy atom. The van der Waals surface area contributed by atoms with Crippen LogP contribution in [0.15, 0.2) is 0 Å². The molecule has 0 aromatic heterocycles. The maximum atomic E-state index is 3.48. The molecule has 0 nitrogen and oxygen atoms in total. The molecule has 0 aliphatic carbocycles. The van der Waals surface area contributed by atoms with Crippen molar-refractivity contribution in [2.24, 2.45) is 0 Å². The third-order valence-electron chi connectivity index (χ3n) is 0.575. The zero-order valence-corrected chi connectivity index (χ0v) is 7.82. The minimum atomic E-state index is 0.276. The molecule has 2 heteroatoms. The van der Waals surface area contributed by atoms with E-state index in [2.05, 4.69) is 19.7 Å². The van der Waals surface area contributed by atoms with E-state index in [4.69, 9.17) is 0 Å². The number of hydrogen-bond donors (Lipinski definition) is 0. The Morgan fingerprint density at radius 3 is 2.50 bits per heavy atom. The number of hydrogen-bond acceptors (Lipinski definition) is 0. The predicted octanol–water partition coefficient (Wildman–Crippen LogP) is 2.22. The van der Waals surface area contributed by atoms with Crippen LogP contribution in [0.25, 0.3) is 0 Å². The molecule has 0 aliphatic rings. The fourth-order valence-electron chi connectivity index (χ4n) is 0.199. The molecule has 0 bridgehead atoms. The second-order valence-corrected chi connectivity index (χ2v) is 6.03. The summed E-state index contributed by atoms with van der Waals surface area (Å²) in [5.41, 5.74) is 0. The van der Waals surface area contributed by atoms with Gasteiger partial charge in [0, 0.05) is 0 Å². The summed E-state index contributed by atoms with van der Waals surface area (Å²) >= 11 is 3.76. The van der Waals surface area contributed by atoms with Gasteiger partial charge in [0.2, 0.25) is 0 Å². The zero-order valence-electron chi connectivity index (χ0n) is 3.91. The van der Waals surface area contributed by atoms with E-state index in [1.54, 1.807) is 0 Å². The third-order valence-corrected chi connectivity index (χ3v) is 4.01. The normalized spacial score (nSPS) is 9.00. The van der Waals surface area contributed by atoms with Crippen LogP contribution in [-0.2, 0) is 0 Å². The van der Waals surface area contributed by atoms with Gasteiger partial charge in [-0.2, -0.15) is 0 Å². The molecule has 0 aromatic carbocycles. The SMILES string of the molecule is CCCC[Te]Br. The van der Waals surface area contributed by atoms with Crippen molar-refractivity contribution in [2.45, 2.75) is 24.2 Å². The Kier molecular flexibility index (Phi) is 7.60. The molecule has 38 valence electrons. The van der Waals surface area contributed by atoms with Crippen LogP contribution in [0.1, 0.15) is 19.8 Å². The van der Waals surface area contributed by atoms with Crippen LogP contribution in [0.2, 0.25) is 4.47 Å². The molecule has 0 spiro atoms. The molecule has 0 atom stereocenters. The molecule has 0 amide bonds. The van der Waals surface area contributed by atoms with Crippen molar-refractivity contribution in [2.75, 3.05) is 0 Å². The average Bonchev–Trinajstić information content (AvgIpc) is 1.61. The first-order valence-electron chi connectivity index (χ1n) is 2.15. The Hall–Kier alpha value is 1.27. The van der Waals surface area contributed by atoms with Crippen molar-refractivity contribution in [3.63, 3.8) is 0 Å². The van der Waals surface area contributed by atoms with Crippen molar-refractivity contribution < 1.29 is 0 Å². The van der Waals surface area contributed by atoms with Crippen LogP contribution in [0.4, 0.5) is 0 Å². The van der Waals surface area contributed by atoms with E-state index >= 15 is 0 Å². The fraction of sp³-hybridized carbons (Fsp3) is 1.00. The quantitative estimate of drug-likeness (QED) is 0.542. The molecule has 0 N–H and O–H groups in total. The van der Waals surface area contributed by atoms with Gasteiger partial charge in [-0.3, -0.25) is 0 Å². The van der Waals surface area contributed by atoms with Gasteiger partial charge in [0.25, 0.3) is 0 Å². The first kappa shape index (κ1) is 7.27. The Labute approximate surface area is 55.6 Å². The van der Waals surface area contributed by atoms with Gasteiger partial charge in [0.15, 0.2) is 0 Å². The van der Waals surface area contributed by atoms with E-state index in [9.17, 15) is 0 Å². The van der Waals surface area contributed by atoms with Gasteiger partial charge in [0.1, 0.15) is 0 Å². The summed E-state index contributed by atoms with van der Waals surface area (Å²) in [5, 5.41) is 0. The topological polar surface area (TPSA) is 0 Å². The summed E-state index contributed by atoms with van der Waals surface area (Å²) < 4.78 is 1.46. The molecule has 0 aromatic rings. The fourth-order valence-corrected chi connectivity index (χ4v) is 2.87. The first-order chi connectivity index (χ1) is 2.91. The van der Waals surface area contributed by atoms with E-state index in [-0.39, 0.29) is 18.7 Å². The van der Waals surface area contributed by atoms with E-state index in [0.29, 0.717) is 0 Å². The van der Waals surface area contributed by atoms with Crippen molar-refractivity contribution in [1.82, 2.24) is 0 Å². The van der Waals surface area contributed by atoms with E-state index in [1.165, 1.54) is 17.3 Å². The Bertz CT molecular complexity index is 19.5. The molecule has 0 rings (SSSR count). The Balaban J connectivity index is 2.34. The summed E-state index contributed by atoms with van der Waals surface area (Å²) in [6, 6.07) is 0. The van der Waals surface area contributed by atoms with Crippen LogP contribution >= 0.6 is 12.8 Å². The summed E-state index contributed by atoms with van der Waals surface area (Å²) in [5.74, 6) is 0. The predicted molar refractivity (Wildman–Crippen MR) is 34.4 cm³/mol. The molecule has 0 heterocycles. The van der Waals surface area contributed by atoms with Crippen molar-refractivity contribution in [1.29, 1.82) is 0 Å². The van der Waals surface area contributed by atoms with Gasteiger partial charge in [-0.15, -0.1) is 0 Å². The molecule has 0 fully saturated rings. The second-order valence-electron chi connectivity index (χ2n) is 1.17. The van der Waals surface area contributed by atoms with Crippen molar-refractivity contribution >= 4 is 31.5 Å². The third kappa shape index (κ3) is 5.27. The van der Waals surface area contributed by atoms with Crippen molar-refractivity contribution in [3.8, 4) is 0 Å². The molecular formula is C4H9BrTe. The van der Waals surface area contributed by atoms with Gasteiger partial charge < -0.3 is 0 Å². The maximum absolute atomic E-state index is 3.48. The second kappa shape index (κ2) is 6.27. The molecule has 0 aliphatic heterocycles. The average molecular weight is 265 g/mol. The minimum absolute atomic E-state index is 0.276. The van der Waals surface area contributed by atoms with Gasteiger partial charge >= 0.3 is 55.7 Å². The number of halogens is 1. The monoisotopic (exact) mass is 266 g/mol. The number of rotatable bonds is 3. The van der Waals surface area contributed by atoms with Crippen LogP contribution in [0.3, 0.4) is 0 Å². The van der Waals surface area contributed by atoms with Crippen LogP contribution in [-0.4, -0.2) is 18.7 Å². The molecular weight excluding hydrogens is 256 g/mol. The standard InChI is InChI=1S/C4H9BrTe/c1-2-3-4-6-5/h2-4H2,1H3. The van der Waals surface area contributed by atoms with Crippen molar-refractivity contribution in [3.05, 3.63) is 0 Å². The van der Waals surface area contributed by atoms with Crippen LogP contribution in [0, 0.1) is 0 Å². The van der Waals surface area contributed by atoms with Gasteiger partial charge in [-0.05, 0) is 0 Å². The Morgan fingerprint density at radius 1 is 1.67 bits per heavy atom. The van der Waals surface area contributed by atoms with E-state index in [0.717, 1.165) is 0 Å². The molecule has 0 radical (unpaired) electrons. The molecule has 0 unspecified atom stereocenters.